The molecule has 4 heteroatoms. The maximum absolute atomic E-state index is 10.00. The predicted molar refractivity (Wildman–Crippen MR) is 71.2 cm³/mol. The smallest absolute Gasteiger partial charge is 0.0963 e. The number of hydrogen-bond donors (Lipinski definition) is 3. The van der Waals surface area contributed by atoms with Gasteiger partial charge >= 0.3 is 0 Å². The number of nitrogens with one attached hydrogen (secondary N) is 1. The second-order valence-electron chi connectivity index (χ2n) is 6.28. The molecule has 1 fully saturated rings. The van der Waals surface area contributed by atoms with Crippen LogP contribution in [0.15, 0.2) is 0 Å². The molecule has 0 aromatic carbocycles. The van der Waals surface area contributed by atoms with Crippen molar-refractivity contribution >= 4 is 5.84 Å². The fourth-order valence-electron chi connectivity index (χ4n) is 2.39. The highest BCUT2D eigenvalue weighted by Crippen LogP contribution is 2.24. The molecule has 1 saturated heterocycles. The molecule has 0 bridgehead atoms. The minimum Gasteiger partial charge on any atom is -0.389 e. The molecule has 0 spiro atoms. The molecule has 17 heavy (non-hydrogen) atoms. The third kappa shape index (κ3) is 4.64. The second-order valence-corrected chi connectivity index (χ2v) is 6.28. The van der Waals surface area contributed by atoms with E-state index in [1.165, 1.54) is 0 Å². The minimum absolute atomic E-state index is 0.196. The molecule has 1 aliphatic rings. The normalized spacial score (nSPS) is 27.1. The quantitative estimate of drug-likeness (QED) is 0.505. The van der Waals surface area contributed by atoms with Crippen molar-refractivity contribution in [2.24, 2.45) is 11.1 Å². The first-order chi connectivity index (χ1) is 7.73. The highest BCUT2D eigenvalue weighted by Gasteiger charge is 2.28. The lowest BCUT2D eigenvalue weighted by Crippen LogP contribution is -2.46. The van der Waals surface area contributed by atoms with Gasteiger partial charge in [-0.1, -0.05) is 13.8 Å². The molecule has 0 amide bonds. The van der Waals surface area contributed by atoms with Crippen LogP contribution in [0, 0.1) is 10.8 Å². The SMILES string of the molecule is CC1(O)CCCN(CCCC(C)(C)C(=N)N)C1. The lowest BCUT2D eigenvalue weighted by atomic mass is 9.86. The van der Waals surface area contributed by atoms with Gasteiger partial charge in [0.15, 0.2) is 0 Å². The summed E-state index contributed by atoms with van der Waals surface area (Å²) in [7, 11) is 0. The summed E-state index contributed by atoms with van der Waals surface area (Å²) in [4.78, 5) is 2.32. The van der Waals surface area contributed by atoms with Gasteiger partial charge in [0, 0.05) is 12.0 Å². The van der Waals surface area contributed by atoms with Crippen LogP contribution in [0.5, 0.6) is 0 Å². The van der Waals surface area contributed by atoms with E-state index in [4.69, 9.17) is 11.1 Å². The van der Waals surface area contributed by atoms with Crippen LogP contribution < -0.4 is 5.73 Å². The van der Waals surface area contributed by atoms with E-state index in [0.717, 1.165) is 45.3 Å². The molecule has 0 radical (unpaired) electrons. The van der Waals surface area contributed by atoms with E-state index in [1.54, 1.807) is 0 Å². The number of aliphatic hydroxyl groups is 1. The average Bonchev–Trinajstić information content (AvgIpc) is 2.15. The molecule has 0 aromatic rings. The third-order valence-electron chi connectivity index (χ3n) is 3.76. The summed E-state index contributed by atoms with van der Waals surface area (Å²) in [5, 5.41) is 17.5. The number of nitrogens with zero attached hydrogens (tertiary/aromatic N) is 1. The van der Waals surface area contributed by atoms with E-state index >= 15 is 0 Å². The Labute approximate surface area is 105 Å². The number of β-amino-alcohol motifs (C(OH)–C–C–N with tert-alkyl or cyclic N) is 1. The maximum atomic E-state index is 10.00. The predicted octanol–water partition coefficient (Wildman–Crippen LogP) is 1.58. The van der Waals surface area contributed by atoms with E-state index in [-0.39, 0.29) is 11.3 Å². The third-order valence-corrected chi connectivity index (χ3v) is 3.76. The summed E-state index contributed by atoms with van der Waals surface area (Å²) < 4.78 is 0. The Balaban J connectivity index is 2.30. The minimum atomic E-state index is -0.520. The maximum Gasteiger partial charge on any atom is 0.0963 e. The summed E-state index contributed by atoms with van der Waals surface area (Å²) in [5.41, 5.74) is 4.85. The molecular formula is C13H27N3O. The zero-order chi connectivity index (χ0) is 13.1. The Hall–Kier alpha value is -0.610. The number of piperidine rings is 1. The van der Waals surface area contributed by atoms with Crippen molar-refractivity contribution in [2.45, 2.75) is 52.1 Å². The lowest BCUT2D eigenvalue weighted by molar-refractivity contribution is -0.0161. The Kier molecular flexibility index (Phi) is 4.55. The molecule has 4 nitrogen and oxygen atoms in total. The molecule has 0 saturated carbocycles. The van der Waals surface area contributed by atoms with Crippen molar-refractivity contribution in [1.29, 1.82) is 5.41 Å². The Morgan fingerprint density at radius 2 is 2.18 bits per heavy atom. The standard InChI is InChI=1S/C13H27N3O/c1-12(2,11(14)15)6-4-8-16-9-5-7-13(3,17)10-16/h17H,4-10H2,1-3H3,(H3,14,15). The first-order valence-electron chi connectivity index (χ1n) is 6.52. The van der Waals surface area contributed by atoms with Gasteiger partial charge < -0.3 is 15.7 Å². The molecule has 1 aliphatic heterocycles. The molecular weight excluding hydrogens is 214 g/mol. The van der Waals surface area contributed by atoms with E-state index in [9.17, 15) is 5.11 Å². The van der Waals surface area contributed by atoms with Crippen LogP contribution in [0.25, 0.3) is 0 Å². The first-order valence-corrected chi connectivity index (χ1v) is 6.52. The molecule has 1 atom stereocenters. The van der Waals surface area contributed by atoms with Crippen molar-refractivity contribution in [1.82, 2.24) is 4.90 Å². The molecule has 100 valence electrons. The van der Waals surface area contributed by atoms with Gasteiger partial charge in [-0.3, -0.25) is 5.41 Å². The van der Waals surface area contributed by atoms with Gasteiger partial charge in [-0.15, -0.1) is 0 Å². The summed E-state index contributed by atoms with van der Waals surface area (Å²) in [6.45, 7) is 8.79. The van der Waals surface area contributed by atoms with Gasteiger partial charge in [0.25, 0.3) is 0 Å². The number of rotatable bonds is 5. The summed E-state index contributed by atoms with van der Waals surface area (Å²) in [5.74, 6) is 0.267. The molecule has 1 rings (SSSR count). The van der Waals surface area contributed by atoms with Crippen molar-refractivity contribution < 1.29 is 5.11 Å². The van der Waals surface area contributed by atoms with Crippen LogP contribution in [0.3, 0.4) is 0 Å². The van der Waals surface area contributed by atoms with Gasteiger partial charge in [-0.05, 0) is 45.7 Å². The van der Waals surface area contributed by atoms with E-state index in [1.807, 2.05) is 20.8 Å². The Morgan fingerprint density at radius 1 is 1.53 bits per heavy atom. The fourth-order valence-corrected chi connectivity index (χ4v) is 2.39. The van der Waals surface area contributed by atoms with Crippen LogP contribution in [0.4, 0.5) is 0 Å². The van der Waals surface area contributed by atoms with Crippen LogP contribution >= 0.6 is 0 Å². The van der Waals surface area contributed by atoms with Crippen LogP contribution in [0.1, 0.15) is 46.5 Å². The zero-order valence-electron chi connectivity index (χ0n) is 11.4. The largest absolute Gasteiger partial charge is 0.389 e. The highest BCUT2D eigenvalue weighted by molar-refractivity contribution is 5.82. The van der Waals surface area contributed by atoms with Crippen LogP contribution in [-0.2, 0) is 0 Å². The first kappa shape index (κ1) is 14.5. The summed E-state index contributed by atoms with van der Waals surface area (Å²) >= 11 is 0. The van der Waals surface area contributed by atoms with Crippen LogP contribution in [0.2, 0.25) is 0 Å². The lowest BCUT2D eigenvalue weighted by Gasteiger charge is -2.37. The Morgan fingerprint density at radius 3 is 2.71 bits per heavy atom. The number of likely N-dealkylation sites (tertiary alicyclic amines) is 1. The fraction of sp³-hybridized carbons (Fsp3) is 0.923. The number of nitrogens with two attached hydrogens (primary N) is 1. The van der Waals surface area contributed by atoms with E-state index in [2.05, 4.69) is 4.90 Å². The Bertz CT molecular complexity index is 274. The van der Waals surface area contributed by atoms with Gasteiger partial charge in [0.2, 0.25) is 0 Å². The van der Waals surface area contributed by atoms with Crippen LogP contribution in [-0.4, -0.2) is 41.1 Å². The van der Waals surface area contributed by atoms with Gasteiger partial charge in [-0.25, -0.2) is 0 Å². The topological polar surface area (TPSA) is 73.3 Å². The summed E-state index contributed by atoms with van der Waals surface area (Å²) in [6, 6.07) is 0. The molecule has 1 heterocycles. The highest BCUT2D eigenvalue weighted by atomic mass is 16.3. The van der Waals surface area contributed by atoms with E-state index < -0.39 is 5.60 Å². The van der Waals surface area contributed by atoms with Gasteiger partial charge in [0.1, 0.15) is 0 Å². The number of amidine groups is 1. The second kappa shape index (κ2) is 5.36. The average molecular weight is 241 g/mol. The van der Waals surface area contributed by atoms with Crippen molar-refractivity contribution in [3.05, 3.63) is 0 Å². The monoisotopic (exact) mass is 241 g/mol. The van der Waals surface area contributed by atoms with Crippen molar-refractivity contribution in [2.75, 3.05) is 19.6 Å². The number of hydrogen-bond acceptors (Lipinski definition) is 3. The van der Waals surface area contributed by atoms with Crippen molar-refractivity contribution in [3.63, 3.8) is 0 Å². The zero-order valence-corrected chi connectivity index (χ0v) is 11.4. The molecule has 0 aromatic heterocycles. The summed E-state index contributed by atoms with van der Waals surface area (Å²) in [6.07, 6.45) is 3.94. The van der Waals surface area contributed by atoms with E-state index in [0.29, 0.717) is 0 Å². The van der Waals surface area contributed by atoms with Crippen molar-refractivity contribution in [3.8, 4) is 0 Å². The molecule has 0 aliphatic carbocycles. The molecule has 4 N–H and O–H groups in total. The molecule has 1 unspecified atom stereocenters. The van der Waals surface area contributed by atoms with Gasteiger partial charge in [0.05, 0.1) is 11.4 Å². The van der Waals surface area contributed by atoms with Gasteiger partial charge in [-0.2, -0.15) is 0 Å².